The van der Waals surface area contributed by atoms with Crippen LogP contribution in [0.5, 0.6) is 0 Å². The molecule has 0 rings (SSSR count). The lowest BCUT2D eigenvalue weighted by Gasteiger charge is -2.31. The van der Waals surface area contributed by atoms with Crippen LogP contribution in [0.2, 0.25) is 0 Å². The van der Waals surface area contributed by atoms with Gasteiger partial charge in [-0.25, -0.2) is 0 Å². The first-order valence-electron chi connectivity index (χ1n) is 6.28. The average molecular weight is 258 g/mol. The van der Waals surface area contributed by atoms with Gasteiger partial charge in [-0.15, -0.1) is 0 Å². The summed E-state index contributed by atoms with van der Waals surface area (Å²) in [4.78, 5) is 22.6. The van der Waals surface area contributed by atoms with E-state index in [2.05, 4.69) is 10.6 Å². The standard InChI is InChI=1S/C12H26N4O2/c1-5-16-12(3,11(14)18)7-8(2)6-9(15-4)10(13)17/h8-9,15-16H,5-7H2,1-4H3,(H2,13,17)(H2,14,18). The predicted molar refractivity (Wildman–Crippen MR) is 71.7 cm³/mol. The molecule has 0 aromatic carbocycles. The van der Waals surface area contributed by atoms with E-state index in [1.165, 1.54) is 0 Å². The fourth-order valence-electron chi connectivity index (χ4n) is 2.21. The van der Waals surface area contributed by atoms with Gasteiger partial charge in [0, 0.05) is 0 Å². The van der Waals surface area contributed by atoms with Crippen LogP contribution in [0.4, 0.5) is 0 Å². The molecule has 0 heterocycles. The zero-order chi connectivity index (χ0) is 14.3. The summed E-state index contributed by atoms with van der Waals surface area (Å²) in [5, 5.41) is 5.97. The number of likely N-dealkylation sites (N-methyl/N-ethyl adjacent to an activating group) is 2. The molecule has 0 radical (unpaired) electrons. The molecule has 0 aliphatic carbocycles. The van der Waals surface area contributed by atoms with Crippen LogP contribution in [0, 0.1) is 5.92 Å². The Kier molecular flexibility index (Phi) is 6.86. The molecule has 3 unspecified atom stereocenters. The molecule has 6 heteroatoms. The Morgan fingerprint density at radius 1 is 1.33 bits per heavy atom. The molecular weight excluding hydrogens is 232 g/mol. The van der Waals surface area contributed by atoms with Crippen LogP contribution in [0.1, 0.15) is 33.6 Å². The van der Waals surface area contributed by atoms with E-state index in [1.54, 1.807) is 14.0 Å². The Hall–Kier alpha value is -1.14. The molecule has 0 aliphatic heterocycles. The number of primary amides is 2. The molecule has 0 bridgehead atoms. The van der Waals surface area contributed by atoms with E-state index in [4.69, 9.17) is 11.5 Å². The molecule has 0 aromatic rings. The second-order valence-electron chi connectivity index (χ2n) is 5.02. The van der Waals surface area contributed by atoms with Crippen LogP contribution >= 0.6 is 0 Å². The number of amides is 2. The summed E-state index contributed by atoms with van der Waals surface area (Å²) in [5.74, 6) is -0.614. The highest BCUT2D eigenvalue weighted by molar-refractivity contribution is 5.84. The Labute approximate surface area is 109 Å². The van der Waals surface area contributed by atoms with E-state index in [-0.39, 0.29) is 23.8 Å². The normalized spacial score (nSPS) is 17.8. The Morgan fingerprint density at radius 2 is 1.89 bits per heavy atom. The van der Waals surface area contributed by atoms with Crippen molar-refractivity contribution >= 4 is 11.8 Å². The summed E-state index contributed by atoms with van der Waals surface area (Å²) in [6, 6.07) is -0.376. The molecule has 2 amide bonds. The molecule has 0 saturated carbocycles. The average Bonchev–Trinajstić information content (AvgIpc) is 2.25. The maximum atomic E-state index is 11.5. The minimum atomic E-state index is -0.746. The zero-order valence-electron chi connectivity index (χ0n) is 11.7. The van der Waals surface area contributed by atoms with E-state index >= 15 is 0 Å². The first kappa shape index (κ1) is 16.9. The van der Waals surface area contributed by atoms with Crippen LogP contribution in [-0.2, 0) is 9.59 Å². The fourth-order valence-corrected chi connectivity index (χ4v) is 2.21. The molecule has 3 atom stereocenters. The summed E-state index contributed by atoms with van der Waals surface area (Å²) >= 11 is 0. The van der Waals surface area contributed by atoms with Gasteiger partial charge in [0.2, 0.25) is 11.8 Å². The number of carbonyl (C=O) groups excluding carboxylic acids is 2. The fraction of sp³-hybridized carbons (Fsp3) is 0.833. The van der Waals surface area contributed by atoms with E-state index in [0.29, 0.717) is 19.4 Å². The van der Waals surface area contributed by atoms with Crippen molar-refractivity contribution in [2.24, 2.45) is 17.4 Å². The molecule has 6 nitrogen and oxygen atoms in total. The van der Waals surface area contributed by atoms with E-state index in [1.807, 2.05) is 13.8 Å². The largest absolute Gasteiger partial charge is 0.368 e. The maximum Gasteiger partial charge on any atom is 0.237 e. The quantitative estimate of drug-likeness (QED) is 0.439. The number of nitrogens with one attached hydrogen (secondary N) is 2. The van der Waals surface area contributed by atoms with Crippen LogP contribution in [-0.4, -0.2) is 37.0 Å². The van der Waals surface area contributed by atoms with Crippen LogP contribution in [0.15, 0.2) is 0 Å². The molecule has 0 aromatic heterocycles. The van der Waals surface area contributed by atoms with Gasteiger partial charge >= 0.3 is 0 Å². The smallest absolute Gasteiger partial charge is 0.237 e. The van der Waals surface area contributed by atoms with Crippen molar-refractivity contribution in [3.05, 3.63) is 0 Å². The van der Waals surface area contributed by atoms with Crippen molar-refractivity contribution in [3.63, 3.8) is 0 Å². The van der Waals surface area contributed by atoms with Crippen LogP contribution in [0.25, 0.3) is 0 Å². The summed E-state index contributed by atoms with van der Waals surface area (Å²) in [7, 11) is 1.69. The molecular formula is C12H26N4O2. The summed E-state index contributed by atoms with van der Waals surface area (Å²) in [6.07, 6.45) is 1.15. The summed E-state index contributed by atoms with van der Waals surface area (Å²) < 4.78 is 0. The van der Waals surface area contributed by atoms with Crippen molar-refractivity contribution in [2.75, 3.05) is 13.6 Å². The number of hydrogen-bond donors (Lipinski definition) is 4. The van der Waals surface area contributed by atoms with Gasteiger partial charge < -0.3 is 22.1 Å². The zero-order valence-corrected chi connectivity index (χ0v) is 11.7. The van der Waals surface area contributed by atoms with Gasteiger partial charge in [-0.2, -0.15) is 0 Å². The topological polar surface area (TPSA) is 110 Å². The highest BCUT2D eigenvalue weighted by Crippen LogP contribution is 2.20. The second-order valence-corrected chi connectivity index (χ2v) is 5.02. The van der Waals surface area contributed by atoms with Gasteiger partial charge in [0.1, 0.15) is 0 Å². The number of hydrogen-bond acceptors (Lipinski definition) is 4. The number of carbonyl (C=O) groups is 2. The highest BCUT2D eigenvalue weighted by Gasteiger charge is 2.32. The number of rotatable bonds is 9. The molecule has 18 heavy (non-hydrogen) atoms. The van der Waals surface area contributed by atoms with Gasteiger partial charge in [0.05, 0.1) is 11.6 Å². The molecule has 6 N–H and O–H groups in total. The molecule has 0 spiro atoms. The van der Waals surface area contributed by atoms with Gasteiger partial charge in [-0.1, -0.05) is 13.8 Å². The molecule has 0 fully saturated rings. The van der Waals surface area contributed by atoms with E-state index < -0.39 is 5.54 Å². The van der Waals surface area contributed by atoms with Gasteiger partial charge in [-0.05, 0) is 39.3 Å². The second kappa shape index (κ2) is 7.33. The van der Waals surface area contributed by atoms with Crippen LogP contribution < -0.4 is 22.1 Å². The molecule has 0 saturated heterocycles. The van der Waals surface area contributed by atoms with Crippen molar-refractivity contribution in [1.29, 1.82) is 0 Å². The maximum absolute atomic E-state index is 11.5. The first-order valence-corrected chi connectivity index (χ1v) is 6.28. The van der Waals surface area contributed by atoms with Gasteiger partial charge in [0.15, 0.2) is 0 Å². The highest BCUT2D eigenvalue weighted by atomic mass is 16.2. The minimum absolute atomic E-state index is 0.145. The monoisotopic (exact) mass is 258 g/mol. The van der Waals surface area contributed by atoms with E-state index in [0.717, 1.165) is 0 Å². The third-order valence-electron chi connectivity index (χ3n) is 3.20. The lowest BCUT2D eigenvalue weighted by molar-refractivity contribution is -0.124. The minimum Gasteiger partial charge on any atom is -0.368 e. The van der Waals surface area contributed by atoms with Crippen molar-refractivity contribution in [2.45, 2.75) is 45.2 Å². The van der Waals surface area contributed by atoms with Gasteiger partial charge in [-0.3, -0.25) is 9.59 Å². The lowest BCUT2D eigenvalue weighted by atomic mass is 9.85. The Bertz CT molecular complexity index is 296. The number of nitrogens with two attached hydrogens (primary N) is 2. The first-order chi connectivity index (χ1) is 8.26. The Morgan fingerprint density at radius 3 is 2.22 bits per heavy atom. The lowest BCUT2D eigenvalue weighted by Crippen LogP contribution is -2.54. The predicted octanol–water partition coefficient (Wildman–Crippen LogP) is -0.670. The SMILES string of the molecule is CCNC(C)(CC(C)CC(NC)C(N)=O)C(N)=O. The molecule has 0 aliphatic rings. The Balaban J connectivity index is 4.56. The van der Waals surface area contributed by atoms with Crippen molar-refractivity contribution in [1.82, 2.24) is 10.6 Å². The molecule has 106 valence electrons. The summed E-state index contributed by atoms with van der Waals surface area (Å²) in [5.41, 5.74) is 9.94. The summed E-state index contributed by atoms with van der Waals surface area (Å²) in [6.45, 7) is 6.35. The third kappa shape index (κ3) is 5.01. The van der Waals surface area contributed by atoms with Crippen LogP contribution in [0.3, 0.4) is 0 Å². The van der Waals surface area contributed by atoms with E-state index in [9.17, 15) is 9.59 Å². The van der Waals surface area contributed by atoms with Crippen molar-refractivity contribution in [3.8, 4) is 0 Å². The third-order valence-corrected chi connectivity index (χ3v) is 3.20. The van der Waals surface area contributed by atoms with Crippen molar-refractivity contribution < 1.29 is 9.59 Å². The van der Waals surface area contributed by atoms with Gasteiger partial charge in [0.25, 0.3) is 0 Å².